The molecule has 0 aromatic carbocycles. The molecule has 0 saturated heterocycles. The molecule has 0 unspecified atom stereocenters. The van der Waals surface area contributed by atoms with Crippen molar-refractivity contribution in [2.75, 3.05) is 18.6 Å². The number of hydrogen-bond acceptors (Lipinski definition) is 4. The van der Waals surface area contributed by atoms with Crippen LogP contribution in [-0.2, 0) is 9.59 Å². The van der Waals surface area contributed by atoms with Crippen LogP contribution in [0.5, 0.6) is 0 Å². The number of carboxylic acid groups (broad SMARTS) is 2. The molecule has 0 aliphatic carbocycles. The van der Waals surface area contributed by atoms with E-state index in [4.69, 9.17) is 10.2 Å². The van der Waals surface area contributed by atoms with Crippen molar-refractivity contribution in [3.05, 3.63) is 0 Å². The van der Waals surface area contributed by atoms with E-state index in [-0.39, 0.29) is 19.3 Å². The highest BCUT2D eigenvalue weighted by Gasteiger charge is 2.19. The monoisotopic (exact) mass is 320 g/mol. The molecule has 8 heteroatoms. The fraction of sp³-hybridized carbons (Fsp3) is 0.769. The molecule has 0 aliphatic rings. The predicted octanol–water partition coefficient (Wildman–Crippen LogP) is 1.53. The number of aliphatic carboxylic acids is 2. The summed E-state index contributed by atoms with van der Waals surface area (Å²) in [5, 5.41) is 22.4. The first kappa shape index (κ1) is 19.6. The molecular weight excluding hydrogens is 296 g/mol. The number of urea groups is 1. The Bertz CT molecular complexity index is 339. The second-order valence-electron chi connectivity index (χ2n) is 4.63. The van der Waals surface area contributed by atoms with Crippen LogP contribution in [0.15, 0.2) is 0 Å². The van der Waals surface area contributed by atoms with Crippen molar-refractivity contribution in [3.8, 4) is 0 Å². The molecule has 1 atom stereocenters. The Balaban J connectivity index is 3.84. The van der Waals surface area contributed by atoms with E-state index < -0.39 is 24.0 Å². The Hall–Kier alpha value is -1.44. The second-order valence-corrected chi connectivity index (χ2v) is 5.62. The molecule has 21 heavy (non-hydrogen) atoms. The zero-order valence-corrected chi connectivity index (χ0v) is 13.1. The number of amides is 2. The molecule has 0 radical (unpaired) electrons. The quantitative estimate of drug-likeness (QED) is 0.405. The number of hydrogen-bond donors (Lipinski definition) is 4. The van der Waals surface area contributed by atoms with E-state index in [1.54, 1.807) is 11.8 Å². The van der Waals surface area contributed by atoms with E-state index >= 15 is 0 Å². The highest BCUT2D eigenvalue weighted by atomic mass is 32.2. The molecule has 2 amide bonds. The smallest absolute Gasteiger partial charge is 0.326 e. The summed E-state index contributed by atoms with van der Waals surface area (Å²) in [7, 11) is 0. The van der Waals surface area contributed by atoms with Crippen molar-refractivity contribution in [1.82, 2.24) is 10.6 Å². The molecule has 0 aromatic rings. The van der Waals surface area contributed by atoms with Gasteiger partial charge in [-0.1, -0.05) is 6.42 Å². The average Bonchev–Trinajstić information content (AvgIpc) is 2.41. The molecule has 4 N–H and O–H groups in total. The van der Waals surface area contributed by atoms with Crippen LogP contribution in [0.4, 0.5) is 4.79 Å². The lowest BCUT2D eigenvalue weighted by Crippen LogP contribution is -2.46. The van der Waals surface area contributed by atoms with Gasteiger partial charge in [-0.15, -0.1) is 0 Å². The van der Waals surface area contributed by atoms with E-state index in [9.17, 15) is 14.4 Å². The van der Waals surface area contributed by atoms with Crippen LogP contribution in [0.1, 0.15) is 38.5 Å². The third-order valence-corrected chi connectivity index (χ3v) is 3.49. The summed E-state index contributed by atoms with van der Waals surface area (Å²) in [6.07, 6.45) is 5.21. The summed E-state index contributed by atoms with van der Waals surface area (Å²) in [5.74, 6) is -1.04. The van der Waals surface area contributed by atoms with Crippen molar-refractivity contribution < 1.29 is 24.6 Å². The standard InChI is InChI=1S/C13H24N2O5S/c1-21-9-4-2-3-8-14-13(20)15-10(12(18)19)6-5-7-11(16)17/h10H,2-9H2,1H3,(H,16,17)(H,18,19)(H2,14,15,20)/t10-/m1/s1. The summed E-state index contributed by atoms with van der Waals surface area (Å²) in [6, 6.07) is -1.58. The van der Waals surface area contributed by atoms with E-state index in [1.165, 1.54) is 0 Å². The third kappa shape index (κ3) is 12.0. The van der Waals surface area contributed by atoms with Crippen molar-refractivity contribution in [2.45, 2.75) is 44.6 Å². The van der Waals surface area contributed by atoms with Gasteiger partial charge in [-0.2, -0.15) is 11.8 Å². The predicted molar refractivity (Wildman–Crippen MR) is 81.7 cm³/mol. The first-order valence-electron chi connectivity index (χ1n) is 6.95. The molecule has 0 heterocycles. The number of carbonyl (C=O) groups excluding carboxylic acids is 1. The number of carboxylic acids is 2. The van der Waals surface area contributed by atoms with Crippen LogP contribution in [0.3, 0.4) is 0 Å². The van der Waals surface area contributed by atoms with Crippen LogP contribution in [0.25, 0.3) is 0 Å². The lowest BCUT2D eigenvalue weighted by molar-refractivity contribution is -0.140. The molecule has 0 aromatic heterocycles. The van der Waals surface area contributed by atoms with Gasteiger partial charge < -0.3 is 20.8 Å². The Morgan fingerprint density at radius 1 is 1.10 bits per heavy atom. The van der Waals surface area contributed by atoms with Crippen LogP contribution in [0, 0.1) is 0 Å². The van der Waals surface area contributed by atoms with Crippen molar-refractivity contribution >= 4 is 29.7 Å². The average molecular weight is 320 g/mol. The molecular formula is C13H24N2O5S. The summed E-state index contributed by atoms with van der Waals surface area (Å²) in [4.78, 5) is 32.9. The molecule has 0 fully saturated rings. The minimum absolute atomic E-state index is 0.1000. The van der Waals surface area contributed by atoms with Gasteiger partial charge in [0.15, 0.2) is 0 Å². The van der Waals surface area contributed by atoms with Crippen LogP contribution >= 0.6 is 11.8 Å². The maximum atomic E-state index is 11.5. The minimum Gasteiger partial charge on any atom is -0.481 e. The van der Waals surface area contributed by atoms with Crippen LogP contribution < -0.4 is 10.6 Å². The van der Waals surface area contributed by atoms with Gasteiger partial charge >= 0.3 is 18.0 Å². The minimum atomic E-state index is -1.16. The molecule has 0 spiro atoms. The van der Waals surface area contributed by atoms with Gasteiger partial charge in [0.1, 0.15) is 6.04 Å². The lowest BCUT2D eigenvalue weighted by Gasteiger charge is -2.14. The van der Waals surface area contributed by atoms with E-state index in [2.05, 4.69) is 10.6 Å². The van der Waals surface area contributed by atoms with Gasteiger partial charge in [0.05, 0.1) is 0 Å². The molecule has 0 rings (SSSR count). The Morgan fingerprint density at radius 2 is 1.81 bits per heavy atom. The third-order valence-electron chi connectivity index (χ3n) is 2.80. The summed E-state index contributed by atoms with van der Waals surface area (Å²) >= 11 is 1.78. The Kier molecular flexibility index (Phi) is 11.5. The Morgan fingerprint density at radius 3 is 2.38 bits per heavy atom. The molecule has 0 bridgehead atoms. The number of carbonyl (C=O) groups is 3. The topological polar surface area (TPSA) is 116 Å². The normalized spacial score (nSPS) is 11.7. The molecule has 0 saturated carbocycles. The van der Waals surface area contributed by atoms with Gasteiger partial charge in [0.25, 0.3) is 0 Å². The SMILES string of the molecule is CSCCCCCNC(=O)N[C@H](CCCC(=O)O)C(=O)O. The fourth-order valence-corrected chi connectivity index (χ4v) is 2.17. The number of unbranched alkanes of at least 4 members (excludes halogenated alkanes) is 2. The first-order chi connectivity index (χ1) is 9.97. The molecule has 0 aliphatic heterocycles. The zero-order chi connectivity index (χ0) is 16.1. The second kappa shape index (κ2) is 12.3. The van der Waals surface area contributed by atoms with Crippen LogP contribution in [0.2, 0.25) is 0 Å². The summed E-state index contributed by atoms with van der Waals surface area (Å²) in [5.41, 5.74) is 0. The van der Waals surface area contributed by atoms with Gasteiger partial charge in [0, 0.05) is 13.0 Å². The number of rotatable bonds is 12. The lowest BCUT2D eigenvalue weighted by atomic mass is 10.1. The van der Waals surface area contributed by atoms with E-state index in [0.717, 1.165) is 25.0 Å². The van der Waals surface area contributed by atoms with Crippen LogP contribution in [-0.4, -0.2) is 52.8 Å². The first-order valence-corrected chi connectivity index (χ1v) is 8.34. The molecule has 7 nitrogen and oxygen atoms in total. The fourth-order valence-electron chi connectivity index (χ4n) is 1.67. The van der Waals surface area contributed by atoms with Crippen molar-refractivity contribution in [1.29, 1.82) is 0 Å². The zero-order valence-electron chi connectivity index (χ0n) is 12.3. The molecule has 122 valence electrons. The number of nitrogens with one attached hydrogen (secondary N) is 2. The number of thioether (sulfide) groups is 1. The highest BCUT2D eigenvalue weighted by molar-refractivity contribution is 7.98. The highest BCUT2D eigenvalue weighted by Crippen LogP contribution is 2.02. The Labute approximate surface area is 128 Å². The van der Waals surface area contributed by atoms with E-state index in [0.29, 0.717) is 6.54 Å². The van der Waals surface area contributed by atoms with Gasteiger partial charge in [-0.25, -0.2) is 9.59 Å². The van der Waals surface area contributed by atoms with Gasteiger partial charge in [-0.05, 0) is 37.7 Å². The summed E-state index contributed by atoms with van der Waals surface area (Å²) < 4.78 is 0. The largest absolute Gasteiger partial charge is 0.481 e. The summed E-state index contributed by atoms with van der Waals surface area (Å²) in [6.45, 7) is 0.502. The van der Waals surface area contributed by atoms with Gasteiger partial charge in [-0.3, -0.25) is 4.79 Å². The van der Waals surface area contributed by atoms with Gasteiger partial charge in [0.2, 0.25) is 0 Å². The van der Waals surface area contributed by atoms with Crippen molar-refractivity contribution in [2.24, 2.45) is 0 Å². The van der Waals surface area contributed by atoms with E-state index in [1.807, 2.05) is 6.26 Å². The maximum absolute atomic E-state index is 11.5. The van der Waals surface area contributed by atoms with Crippen molar-refractivity contribution in [3.63, 3.8) is 0 Å². The maximum Gasteiger partial charge on any atom is 0.326 e.